The molecule has 1 aliphatic heterocycles. The third-order valence-corrected chi connectivity index (χ3v) is 4.19. The lowest BCUT2D eigenvalue weighted by Crippen LogP contribution is -2.44. The smallest absolute Gasteiger partial charge is 0.338 e. The van der Waals surface area contributed by atoms with Crippen molar-refractivity contribution < 1.29 is 28.2 Å². The van der Waals surface area contributed by atoms with Crippen molar-refractivity contribution in [2.45, 2.75) is 37.4 Å². The summed E-state index contributed by atoms with van der Waals surface area (Å²) in [5.41, 5.74) is -1.68. The van der Waals surface area contributed by atoms with Gasteiger partial charge in [-0.25, -0.2) is 9.59 Å². The van der Waals surface area contributed by atoms with E-state index in [1.165, 1.54) is 19.1 Å². The Balaban J connectivity index is 1.82. The Kier molecular flexibility index (Phi) is 4.94. The molecule has 144 valence electrons. The summed E-state index contributed by atoms with van der Waals surface area (Å²) >= 11 is 0. The summed E-state index contributed by atoms with van der Waals surface area (Å²) in [6, 6.07) is 8.75. The van der Waals surface area contributed by atoms with Gasteiger partial charge in [0.15, 0.2) is 6.10 Å². The third kappa shape index (κ3) is 3.53. The second-order valence-corrected chi connectivity index (χ2v) is 6.07. The summed E-state index contributed by atoms with van der Waals surface area (Å²) in [7, 11) is 0. The average Bonchev–Trinajstić information content (AvgIpc) is 2.86. The van der Waals surface area contributed by atoms with Crippen LogP contribution in [0.1, 0.15) is 23.5 Å². The van der Waals surface area contributed by atoms with Crippen molar-refractivity contribution in [3.05, 3.63) is 69.0 Å². The Labute approximate surface area is 151 Å². The highest BCUT2D eigenvalue weighted by Crippen LogP contribution is 2.43. The van der Waals surface area contributed by atoms with Crippen molar-refractivity contribution in [1.29, 1.82) is 0 Å². The molecule has 2 N–H and O–H groups in total. The maximum Gasteiger partial charge on any atom is 0.338 e. The van der Waals surface area contributed by atoms with E-state index in [2.05, 4.69) is 0 Å². The quantitative estimate of drug-likeness (QED) is 0.753. The Hall–Kier alpha value is -2.85. The van der Waals surface area contributed by atoms with E-state index in [0.717, 1.165) is 12.3 Å². The van der Waals surface area contributed by atoms with Gasteiger partial charge in [0.1, 0.15) is 12.2 Å². The largest absolute Gasteiger partial charge is 0.456 e. The van der Waals surface area contributed by atoms with Gasteiger partial charge < -0.3 is 14.6 Å². The molecule has 10 heteroatoms. The molecule has 1 aliphatic rings. The van der Waals surface area contributed by atoms with Crippen LogP contribution in [0.3, 0.4) is 0 Å². The highest BCUT2D eigenvalue weighted by Gasteiger charge is 2.61. The molecule has 0 saturated carbocycles. The number of rotatable bonds is 4. The van der Waals surface area contributed by atoms with Crippen molar-refractivity contribution >= 4 is 5.97 Å². The number of nitrogens with zero attached hydrogens (tertiary/aromatic N) is 1. The van der Waals surface area contributed by atoms with Crippen LogP contribution in [-0.4, -0.2) is 44.9 Å². The van der Waals surface area contributed by atoms with Gasteiger partial charge in [0.2, 0.25) is 6.23 Å². The van der Waals surface area contributed by atoms with Gasteiger partial charge in [-0.1, -0.05) is 18.2 Å². The molecule has 8 nitrogen and oxygen atoms in total. The molecule has 1 fully saturated rings. The number of aromatic amines is 1. The molecule has 4 atom stereocenters. The van der Waals surface area contributed by atoms with E-state index in [1.54, 1.807) is 18.2 Å². The van der Waals surface area contributed by atoms with Gasteiger partial charge in [-0.05, 0) is 19.1 Å². The van der Waals surface area contributed by atoms with E-state index >= 15 is 0 Å². The van der Waals surface area contributed by atoms with Crippen LogP contribution in [0.4, 0.5) is 8.78 Å². The van der Waals surface area contributed by atoms with Gasteiger partial charge in [-0.3, -0.25) is 14.3 Å². The number of esters is 1. The molecule has 27 heavy (non-hydrogen) atoms. The minimum Gasteiger partial charge on any atom is -0.456 e. The van der Waals surface area contributed by atoms with Crippen molar-refractivity contribution in [3.63, 3.8) is 0 Å². The van der Waals surface area contributed by atoms with Crippen molar-refractivity contribution in [2.24, 2.45) is 0 Å². The summed E-state index contributed by atoms with van der Waals surface area (Å²) in [5.74, 6) is -4.63. The number of benzene rings is 1. The van der Waals surface area contributed by atoms with E-state index in [4.69, 9.17) is 9.47 Å². The minimum atomic E-state index is -3.86. The first-order chi connectivity index (χ1) is 12.7. The number of carbonyl (C=O) groups excluding carboxylic acids is 1. The van der Waals surface area contributed by atoms with Crippen LogP contribution in [0.5, 0.6) is 0 Å². The van der Waals surface area contributed by atoms with Gasteiger partial charge in [0.25, 0.3) is 5.56 Å². The first kappa shape index (κ1) is 18.9. The average molecular weight is 382 g/mol. The van der Waals surface area contributed by atoms with Gasteiger partial charge in [-0.15, -0.1) is 0 Å². The molecule has 1 aromatic heterocycles. The first-order valence-corrected chi connectivity index (χ1v) is 8.00. The second-order valence-electron chi connectivity index (χ2n) is 6.07. The number of hydrogen-bond donors (Lipinski definition) is 2. The maximum atomic E-state index is 14.5. The Morgan fingerprint density at radius 2 is 1.96 bits per heavy atom. The van der Waals surface area contributed by atoms with Crippen LogP contribution < -0.4 is 11.2 Å². The summed E-state index contributed by atoms with van der Waals surface area (Å²) in [5, 5.41) is 9.99. The molecule has 1 aromatic carbocycles. The topological polar surface area (TPSA) is 111 Å². The molecule has 0 spiro atoms. The fraction of sp³-hybridized carbons (Fsp3) is 0.353. The van der Waals surface area contributed by atoms with Gasteiger partial charge in [-0.2, -0.15) is 8.78 Å². The molecular weight excluding hydrogens is 366 g/mol. The first-order valence-electron chi connectivity index (χ1n) is 8.00. The van der Waals surface area contributed by atoms with Crippen LogP contribution in [0, 0.1) is 0 Å². The molecule has 0 amide bonds. The predicted molar refractivity (Wildman–Crippen MR) is 87.5 cm³/mol. The van der Waals surface area contributed by atoms with Gasteiger partial charge in [0.05, 0.1) is 5.56 Å². The SMILES string of the molecule is C[C@H](OC(=O)c1ccccc1)[C@H]1O[C@@H](n2ccc(=O)[nH]c2=O)C(F)(F)[C@@H]1O. The molecule has 0 unspecified atom stereocenters. The van der Waals surface area contributed by atoms with E-state index < -0.39 is 47.7 Å². The molecule has 2 aromatic rings. The Bertz CT molecular complexity index is 942. The molecule has 0 radical (unpaired) electrons. The van der Waals surface area contributed by atoms with Crippen molar-refractivity contribution in [1.82, 2.24) is 9.55 Å². The number of aliphatic hydroxyl groups excluding tert-OH is 1. The van der Waals surface area contributed by atoms with Crippen molar-refractivity contribution in [3.8, 4) is 0 Å². The number of alkyl halides is 2. The van der Waals surface area contributed by atoms with Gasteiger partial charge in [0, 0.05) is 12.3 Å². The maximum absolute atomic E-state index is 14.5. The Morgan fingerprint density at radius 3 is 2.59 bits per heavy atom. The van der Waals surface area contributed by atoms with E-state index in [9.17, 15) is 28.3 Å². The highest BCUT2D eigenvalue weighted by molar-refractivity contribution is 5.89. The number of nitrogens with one attached hydrogen (secondary N) is 1. The monoisotopic (exact) mass is 382 g/mol. The van der Waals surface area contributed by atoms with Crippen LogP contribution in [-0.2, 0) is 9.47 Å². The van der Waals surface area contributed by atoms with Gasteiger partial charge >= 0.3 is 17.6 Å². The Morgan fingerprint density at radius 1 is 1.30 bits per heavy atom. The summed E-state index contributed by atoms with van der Waals surface area (Å²) in [6.45, 7) is 1.29. The predicted octanol–water partition coefficient (Wildman–Crippen LogP) is 0.676. The minimum absolute atomic E-state index is 0.206. The van der Waals surface area contributed by atoms with E-state index in [1.807, 2.05) is 4.98 Å². The number of H-pyrrole nitrogens is 1. The lowest BCUT2D eigenvalue weighted by atomic mass is 10.1. The number of aliphatic hydroxyl groups is 1. The summed E-state index contributed by atoms with van der Waals surface area (Å²) < 4.78 is 39.7. The molecule has 3 rings (SSSR count). The van der Waals surface area contributed by atoms with Crippen LogP contribution in [0.25, 0.3) is 0 Å². The molecule has 1 saturated heterocycles. The zero-order valence-corrected chi connectivity index (χ0v) is 14.0. The molecule has 2 heterocycles. The molecule has 0 bridgehead atoms. The zero-order chi connectivity index (χ0) is 19.8. The standard InChI is InChI=1S/C17H16F2N2O6/c1-9(26-14(24)10-5-3-2-4-6-10)12-13(23)17(18,19)15(27-12)21-8-7-11(22)20-16(21)25/h2-9,12-13,15,23H,1H3,(H,20,22,25)/t9-,12+,13+,15+/m0/s1. The van der Waals surface area contributed by atoms with Crippen molar-refractivity contribution in [2.75, 3.05) is 0 Å². The number of carbonyl (C=O) groups is 1. The van der Waals surface area contributed by atoms with Crippen LogP contribution >= 0.6 is 0 Å². The van der Waals surface area contributed by atoms with Crippen LogP contribution in [0.2, 0.25) is 0 Å². The molecular formula is C17H16F2N2O6. The molecule has 0 aliphatic carbocycles. The highest BCUT2D eigenvalue weighted by atomic mass is 19.3. The number of halogens is 2. The third-order valence-electron chi connectivity index (χ3n) is 4.19. The van der Waals surface area contributed by atoms with E-state index in [0.29, 0.717) is 4.57 Å². The zero-order valence-electron chi connectivity index (χ0n) is 14.0. The second kappa shape index (κ2) is 7.05. The normalized spacial score (nSPS) is 25.1. The number of aromatic nitrogens is 2. The number of ether oxygens (including phenoxy) is 2. The lowest BCUT2D eigenvalue weighted by Gasteiger charge is -2.22. The van der Waals surface area contributed by atoms with E-state index in [-0.39, 0.29) is 5.56 Å². The summed E-state index contributed by atoms with van der Waals surface area (Å²) in [6.07, 6.45) is -6.48. The fourth-order valence-electron chi connectivity index (χ4n) is 2.79. The fourth-order valence-corrected chi connectivity index (χ4v) is 2.79. The number of hydrogen-bond acceptors (Lipinski definition) is 6. The lowest BCUT2D eigenvalue weighted by molar-refractivity contribution is -0.141. The van der Waals surface area contributed by atoms with Crippen LogP contribution in [0.15, 0.2) is 52.2 Å². The summed E-state index contributed by atoms with van der Waals surface area (Å²) in [4.78, 5) is 36.8.